The first-order valence-electron chi connectivity index (χ1n) is 4.06. The molecule has 13 heavy (non-hydrogen) atoms. The van der Waals surface area contributed by atoms with E-state index in [0.29, 0.717) is 0 Å². The van der Waals surface area contributed by atoms with Gasteiger partial charge in [0.25, 0.3) is 0 Å². The van der Waals surface area contributed by atoms with E-state index in [9.17, 15) is 0 Å². The predicted molar refractivity (Wildman–Crippen MR) is 62.1 cm³/mol. The molecule has 0 bridgehead atoms. The average molecular weight is 258 g/mol. The van der Waals surface area contributed by atoms with Crippen molar-refractivity contribution < 1.29 is 0 Å². The van der Waals surface area contributed by atoms with E-state index in [4.69, 9.17) is 0 Å². The fraction of sp³-hybridized carbons (Fsp3) is 0.300. The maximum atomic E-state index is 4.26. The van der Waals surface area contributed by atoms with Crippen molar-refractivity contribution in [2.24, 2.45) is 0 Å². The molecule has 0 radical (unpaired) electrons. The molecule has 0 unspecified atom stereocenters. The zero-order valence-electron chi connectivity index (χ0n) is 7.75. The molecule has 0 aliphatic rings. The minimum atomic E-state index is 0.997. The van der Waals surface area contributed by atoms with Gasteiger partial charge in [0.05, 0.1) is 5.03 Å². The lowest BCUT2D eigenvalue weighted by molar-refractivity contribution is 1.12. The molecule has 1 rings (SSSR count). The Hall–Kier alpha value is -0.280. The fourth-order valence-corrected chi connectivity index (χ4v) is 1.85. The van der Waals surface area contributed by atoms with Crippen LogP contribution >= 0.6 is 27.7 Å². The van der Waals surface area contributed by atoms with E-state index >= 15 is 0 Å². The normalized spacial score (nSPS) is 9.77. The first kappa shape index (κ1) is 10.8. The number of nitrogens with zero attached hydrogens (tertiary/aromatic N) is 1. The summed E-state index contributed by atoms with van der Waals surface area (Å²) in [5.74, 6) is 0.997. The number of thioether (sulfide) groups is 1. The molecule has 70 valence electrons. The average Bonchev–Trinajstić information content (AvgIpc) is 2.08. The third kappa shape index (κ3) is 4.48. The summed E-state index contributed by atoms with van der Waals surface area (Å²) >= 11 is 5.10. The van der Waals surface area contributed by atoms with Gasteiger partial charge in [0, 0.05) is 16.4 Å². The van der Waals surface area contributed by atoms with Crippen LogP contribution in [0, 0.1) is 0 Å². The van der Waals surface area contributed by atoms with Crippen molar-refractivity contribution in [1.82, 2.24) is 4.98 Å². The number of rotatable bonds is 3. The van der Waals surface area contributed by atoms with Gasteiger partial charge in [0.1, 0.15) is 0 Å². The monoisotopic (exact) mass is 257 g/mol. The Bertz CT molecular complexity index is 288. The topological polar surface area (TPSA) is 12.9 Å². The molecule has 1 nitrogen and oxygen atoms in total. The van der Waals surface area contributed by atoms with Gasteiger partial charge >= 0.3 is 0 Å². The number of halogens is 1. The Kier molecular flexibility index (Phi) is 4.53. The minimum absolute atomic E-state index is 0.997. The summed E-state index contributed by atoms with van der Waals surface area (Å²) in [5, 5.41) is 1.07. The van der Waals surface area contributed by atoms with E-state index in [-0.39, 0.29) is 0 Å². The zero-order valence-corrected chi connectivity index (χ0v) is 10.2. The highest BCUT2D eigenvalue weighted by molar-refractivity contribution is 9.10. The van der Waals surface area contributed by atoms with Crippen molar-refractivity contribution in [1.29, 1.82) is 0 Å². The van der Waals surface area contributed by atoms with Crippen molar-refractivity contribution in [3.63, 3.8) is 0 Å². The third-order valence-electron chi connectivity index (χ3n) is 1.42. The van der Waals surface area contributed by atoms with Crippen LogP contribution in [0.25, 0.3) is 0 Å². The smallest absolute Gasteiger partial charge is 0.0963 e. The Morgan fingerprint density at radius 1 is 1.54 bits per heavy atom. The largest absolute Gasteiger partial charge is 0.249 e. The zero-order chi connectivity index (χ0) is 9.68. The molecule has 0 N–H and O–H groups in total. The van der Waals surface area contributed by atoms with Gasteiger partial charge in [-0.25, -0.2) is 4.98 Å². The summed E-state index contributed by atoms with van der Waals surface area (Å²) in [6.07, 6.45) is 4.03. The van der Waals surface area contributed by atoms with Gasteiger partial charge in [0.2, 0.25) is 0 Å². The second-order valence-corrected chi connectivity index (χ2v) is 4.86. The standard InChI is InChI=1S/C10H12BrNS/c1-8(2)5-6-13-10-4-3-9(11)7-12-10/h3-5,7H,6H2,1-2H3. The summed E-state index contributed by atoms with van der Waals surface area (Å²) in [6.45, 7) is 4.21. The van der Waals surface area contributed by atoms with Crippen LogP contribution in [0.3, 0.4) is 0 Å². The highest BCUT2D eigenvalue weighted by Gasteiger charge is 1.93. The van der Waals surface area contributed by atoms with Crippen LogP contribution in [0.15, 0.2) is 39.5 Å². The third-order valence-corrected chi connectivity index (χ3v) is 2.76. The lowest BCUT2D eigenvalue weighted by atomic mass is 10.3. The summed E-state index contributed by atoms with van der Waals surface area (Å²) < 4.78 is 1.03. The molecular formula is C10H12BrNS. The van der Waals surface area contributed by atoms with E-state index < -0.39 is 0 Å². The SMILES string of the molecule is CC(C)=CCSc1ccc(Br)cn1. The van der Waals surface area contributed by atoms with Crippen LogP contribution < -0.4 is 0 Å². The van der Waals surface area contributed by atoms with Gasteiger partial charge in [-0.15, -0.1) is 11.8 Å². The molecule has 0 aliphatic carbocycles. The number of allylic oxidation sites excluding steroid dienone is 1. The van der Waals surface area contributed by atoms with Crippen molar-refractivity contribution in [3.05, 3.63) is 34.5 Å². The molecule has 0 spiro atoms. The fourth-order valence-electron chi connectivity index (χ4n) is 0.741. The van der Waals surface area contributed by atoms with Crippen LogP contribution in [0.5, 0.6) is 0 Å². The highest BCUT2D eigenvalue weighted by Crippen LogP contribution is 2.17. The van der Waals surface area contributed by atoms with Crippen molar-refractivity contribution >= 4 is 27.7 Å². The Morgan fingerprint density at radius 3 is 2.85 bits per heavy atom. The first-order valence-corrected chi connectivity index (χ1v) is 5.84. The number of hydrogen-bond donors (Lipinski definition) is 0. The molecule has 0 amide bonds. The van der Waals surface area contributed by atoms with Crippen LogP contribution in [0.1, 0.15) is 13.8 Å². The predicted octanol–water partition coefficient (Wildman–Crippen LogP) is 3.90. The Balaban J connectivity index is 2.46. The molecule has 0 aromatic carbocycles. The summed E-state index contributed by atoms with van der Waals surface area (Å²) in [6, 6.07) is 4.03. The van der Waals surface area contributed by atoms with Gasteiger partial charge in [0.15, 0.2) is 0 Å². The van der Waals surface area contributed by atoms with E-state index in [0.717, 1.165) is 15.3 Å². The Labute approximate surface area is 91.8 Å². The quantitative estimate of drug-likeness (QED) is 0.602. The van der Waals surface area contributed by atoms with Crippen molar-refractivity contribution in [3.8, 4) is 0 Å². The number of aromatic nitrogens is 1. The molecule has 1 heterocycles. The highest BCUT2D eigenvalue weighted by atomic mass is 79.9. The summed E-state index contributed by atoms with van der Waals surface area (Å²) in [7, 11) is 0. The van der Waals surface area contributed by atoms with E-state index in [2.05, 4.69) is 40.8 Å². The molecular weight excluding hydrogens is 246 g/mol. The second kappa shape index (κ2) is 5.45. The minimum Gasteiger partial charge on any atom is -0.249 e. The molecule has 0 aliphatic heterocycles. The molecule has 0 saturated carbocycles. The molecule has 3 heteroatoms. The van der Waals surface area contributed by atoms with Gasteiger partial charge in [-0.1, -0.05) is 11.6 Å². The molecule has 1 aromatic rings. The summed E-state index contributed by atoms with van der Waals surface area (Å²) in [5.41, 5.74) is 1.35. The lowest BCUT2D eigenvalue weighted by Gasteiger charge is -1.97. The van der Waals surface area contributed by atoms with Crippen molar-refractivity contribution in [2.45, 2.75) is 18.9 Å². The van der Waals surface area contributed by atoms with Gasteiger partial charge in [-0.05, 0) is 41.9 Å². The number of pyridine rings is 1. The van der Waals surface area contributed by atoms with E-state index in [1.165, 1.54) is 5.57 Å². The van der Waals surface area contributed by atoms with Crippen LogP contribution in [-0.2, 0) is 0 Å². The van der Waals surface area contributed by atoms with Gasteiger partial charge in [-0.2, -0.15) is 0 Å². The summed E-state index contributed by atoms with van der Waals surface area (Å²) in [4.78, 5) is 4.26. The van der Waals surface area contributed by atoms with Crippen LogP contribution in [0.2, 0.25) is 0 Å². The Morgan fingerprint density at radius 2 is 2.31 bits per heavy atom. The molecule has 0 atom stereocenters. The van der Waals surface area contributed by atoms with Gasteiger partial charge < -0.3 is 0 Å². The number of hydrogen-bond acceptors (Lipinski definition) is 2. The molecule has 0 fully saturated rings. The van der Waals surface area contributed by atoms with Crippen molar-refractivity contribution in [2.75, 3.05) is 5.75 Å². The molecule has 1 aromatic heterocycles. The first-order chi connectivity index (χ1) is 6.18. The van der Waals surface area contributed by atoms with Crippen LogP contribution in [0.4, 0.5) is 0 Å². The lowest BCUT2D eigenvalue weighted by Crippen LogP contribution is -1.80. The molecule has 0 saturated heterocycles. The van der Waals surface area contributed by atoms with Crippen LogP contribution in [-0.4, -0.2) is 10.7 Å². The van der Waals surface area contributed by atoms with E-state index in [1.54, 1.807) is 11.8 Å². The van der Waals surface area contributed by atoms with E-state index in [1.807, 2.05) is 18.3 Å². The maximum absolute atomic E-state index is 4.26. The second-order valence-electron chi connectivity index (χ2n) is 2.91. The maximum Gasteiger partial charge on any atom is 0.0963 e. The van der Waals surface area contributed by atoms with Gasteiger partial charge in [-0.3, -0.25) is 0 Å².